The van der Waals surface area contributed by atoms with Gasteiger partial charge < -0.3 is 4.74 Å². The van der Waals surface area contributed by atoms with Crippen LogP contribution in [0.25, 0.3) is 0 Å². The molecule has 0 aliphatic carbocycles. The predicted molar refractivity (Wildman–Crippen MR) is 99.4 cm³/mol. The molecule has 0 amide bonds. The molecule has 0 aromatic heterocycles. The zero-order valence-electron chi connectivity index (χ0n) is 14.1. The zero-order valence-corrected chi connectivity index (χ0v) is 15.0. The van der Waals surface area contributed by atoms with E-state index in [9.17, 15) is 14.9 Å². The summed E-state index contributed by atoms with van der Waals surface area (Å²) >= 11 is 1.05. The molecule has 2 rings (SSSR count). The molecule has 2 aromatic rings. The summed E-state index contributed by atoms with van der Waals surface area (Å²) in [6.45, 7) is 2.86. The number of carbonyl (C=O) groups is 1. The fourth-order valence-corrected chi connectivity index (χ4v) is 2.95. The molecule has 2 aromatic carbocycles. The Labute approximate surface area is 151 Å². The van der Waals surface area contributed by atoms with Crippen LogP contribution in [0.5, 0.6) is 5.75 Å². The lowest BCUT2D eigenvalue weighted by Gasteiger charge is -2.07. The van der Waals surface area contributed by atoms with Crippen molar-refractivity contribution in [3.63, 3.8) is 0 Å². The molecule has 0 atom stereocenters. The first-order chi connectivity index (χ1) is 12.1. The topological polar surface area (TPSA) is 69.4 Å². The molecular formula is C19H21NO4S. The highest BCUT2D eigenvalue weighted by atomic mass is 32.2. The Hall–Kier alpha value is -2.34. The van der Waals surface area contributed by atoms with Crippen molar-refractivity contribution in [3.05, 3.63) is 64.2 Å². The standard InChI is InChI=1S/C19H21NO4S/c1-2-3-4-5-14-24-17-10-6-15(7-11-17)19(21)25-18-12-8-16(9-13-18)20(22)23/h6-13H,2-5,14H2,1H3. The van der Waals surface area contributed by atoms with Crippen molar-refractivity contribution >= 4 is 22.6 Å². The first-order valence-corrected chi connectivity index (χ1v) is 9.11. The van der Waals surface area contributed by atoms with Crippen LogP contribution in [0.2, 0.25) is 0 Å². The van der Waals surface area contributed by atoms with Gasteiger partial charge in [0.2, 0.25) is 5.12 Å². The molecule has 0 unspecified atom stereocenters. The molecule has 0 aliphatic heterocycles. The second kappa shape index (κ2) is 9.84. The normalized spacial score (nSPS) is 10.4. The second-order valence-corrected chi connectivity index (χ2v) is 6.62. The van der Waals surface area contributed by atoms with Crippen LogP contribution < -0.4 is 4.74 Å². The number of nitro groups is 1. The number of rotatable bonds is 9. The average Bonchev–Trinajstić information content (AvgIpc) is 2.62. The van der Waals surface area contributed by atoms with Crippen molar-refractivity contribution in [3.8, 4) is 5.75 Å². The van der Waals surface area contributed by atoms with Crippen molar-refractivity contribution in [2.75, 3.05) is 6.61 Å². The molecule has 0 fully saturated rings. The minimum absolute atomic E-state index is 0.0113. The number of ether oxygens (including phenoxy) is 1. The number of carbonyl (C=O) groups excluding carboxylic acids is 1. The predicted octanol–water partition coefficient (Wildman–Crippen LogP) is 5.49. The fraction of sp³-hybridized carbons (Fsp3) is 0.316. The minimum atomic E-state index is -0.461. The zero-order chi connectivity index (χ0) is 18.1. The number of benzene rings is 2. The highest BCUT2D eigenvalue weighted by Gasteiger charge is 2.10. The van der Waals surface area contributed by atoms with Crippen molar-refractivity contribution < 1.29 is 14.5 Å². The van der Waals surface area contributed by atoms with Crippen molar-refractivity contribution in [2.45, 2.75) is 37.5 Å². The molecule has 0 aliphatic rings. The first kappa shape index (κ1) is 19.0. The van der Waals surface area contributed by atoms with E-state index < -0.39 is 4.92 Å². The molecule has 0 saturated carbocycles. The summed E-state index contributed by atoms with van der Waals surface area (Å²) in [5.74, 6) is 0.758. The third-order valence-electron chi connectivity index (χ3n) is 3.61. The van der Waals surface area contributed by atoms with Crippen LogP contribution in [0.4, 0.5) is 5.69 Å². The van der Waals surface area contributed by atoms with Gasteiger partial charge in [-0.25, -0.2) is 0 Å². The minimum Gasteiger partial charge on any atom is -0.494 e. The highest BCUT2D eigenvalue weighted by Crippen LogP contribution is 2.26. The maximum atomic E-state index is 12.3. The van der Waals surface area contributed by atoms with Gasteiger partial charge in [0, 0.05) is 22.6 Å². The molecular weight excluding hydrogens is 338 g/mol. The van der Waals surface area contributed by atoms with Crippen LogP contribution in [0.15, 0.2) is 53.4 Å². The molecule has 6 heteroatoms. The van der Waals surface area contributed by atoms with Gasteiger partial charge in [0.15, 0.2) is 0 Å². The molecule has 0 N–H and O–H groups in total. The molecule has 0 spiro atoms. The summed E-state index contributed by atoms with van der Waals surface area (Å²) in [5, 5.41) is 10.5. The molecule has 0 heterocycles. The van der Waals surface area contributed by atoms with E-state index in [1.807, 2.05) is 0 Å². The largest absolute Gasteiger partial charge is 0.494 e. The lowest BCUT2D eigenvalue weighted by Crippen LogP contribution is -1.98. The Bertz CT molecular complexity index is 698. The summed E-state index contributed by atoms with van der Waals surface area (Å²) in [7, 11) is 0. The van der Waals surface area contributed by atoms with Gasteiger partial charge in [0.05, 0.1) is 11.5 Å². The van der Waals surface area contributed by atoms with E-state index in [4.69, 9.17) is 4.74 Å². The number of nitrogens with zero attached hydrogens (tertiary/aromatic N) is 1. The van der Waals surface area contributed by atoms with E-state index in [0.717, 1.165) is 23.9 Å². The lowest BCUT2D eigenvalue weighted by atomic mass is 10.2. The van der Waals surface area contributed by atoms with Gasteiger partial charge >= 0.3 is 0 Å². The summed E-state index contributed by atoms with van der Waals surface area (Å²) < 4.78 is 5.66. The van der Waals surface area contributed by atoms with Gasteiger partial charge in [-0.15, -0.1) is 0 Å². The number of nitro benzene ring substituents is 1. The summed E-state index contributed by atoms with van der Waals surface area (Å²) in [5.41, 5.74) is 0.582. The van der Waals surface area contributed by atoms with Crippen molar-refractivity contribution in [1.82, 2.24) is 0 Å². The fourth-order valence-electron chi connectivity index (χ4n) is 2.21. The quantitative estimate of drug-likeness (QED) is 0.256. The number of hydrogen-bond acceptors (Lipinski definition) is 5. The monoisotopic (exact) mass is 359 g/mol. The van der Waals surface area contributed by atoms with Crippen LogP contribution in [0.1, 0.15) is 43.0 Å². The average molecular weight is 359 g/mol. The van der Waals surface area contributed by atoms with Crippen LogP contribution >= 0.6 is 11.8 Å². The molecule has 132 valence electrons. The van der Waals surface area contributed by atoms with E-state index in [2.05, 4.69) is 6.92 Å². The molecule has 25 heavy (non-hydrogen) atoms. The summed E-state index contributed by atoms with van der Waals surface area (Å²) in [6.07, 6.45) is 4.61. The van der Waals surface area contributed by atoms with Crippen LogP contribution in [-0.4, -0.2) is 16.6 Å². The van der Waals surface area contributed by atoms with E-state index in [1.165, 1.54) is 31.4 Å². The number of thioether (sulfide) groups is 1. The van der Waals surface area contributed by atoms with Gasteiger partial charge in [-0.2, -0.15) is 0 Å². The van der Waals surface area contributed by atoms with Gasteiger partial charge in [-0.05, 0) is 54.6 Å². The number of hydrogen-bond donors (Lipinski definition) is 0. The van der Waals surface area contributed by atoms with Crippen LogP contribution in [-0.2, 0) is 0 Å². The maximum Gasteiger partial charge on any atom is 0.269 e. The number of non-ortho nitro benzene ring substituents is 1. The molecule has 5 nitrogen and oxygen atoms in total. The first-order valence-electron chi connectivity index (χ1n) is 8.29. The van der Waals surface area contributed by atoms with Gasteiger partial charge in [-0.1, -0.05) is 26.2 Å². The Morgan fingerprint density at radius 1 is 1.04 bits per heavy atom. The highest BCUT2D eigenvalue weighted by molar-refractivity contribution is 8.14. The smallest absolute Gasteiger partial charge is 0.269 e. The SMILES string of the molecule is CCCCCCOc1ccc(C(=O)Sc2ccc([N+](=O)[O-])cc2)cc1. The summed E-state index contributed by atoms with van der Waals surface area (Å²) in [4.78, 5) is 23.1. The Morgan fingerprint density at radius 3 is 2.32 bits per heavy atom. The Balaban J connectivity index is 1.86. The Kier molecular flexibility index (Phi) is 7.47. The van der Waals surface area contributed by atoms with E-state index in [1.54, 1.807) is 36.4 Å². The third kappa shape index (κ3) is 6.23. The Morgan fingerprint density at radius 2 is 1.72 bits per heavy atom. The van der Waals surface area contributed by atoms with Gasteiger partial charge in [0.1, 0.15) is 5.75 Å². The van der Waals surface area contributed by atoms with Crippen molar-refractivity contribution in [2.24, 2.45) is 0 Å². The lowest BCUT2D eigenvalue weighted by molar-refractivity contribution is -0.384. The van der Waals surface area contributed by atoms with Gasteiger partial charge in [-0.3, -0.25) is 14.9 Å². The second-order valence-electron chi connectivity index (χ2n) is 5.57. The van der Waals surface area contributed by atoms with E-state index >= 15 is 0 Å². The maximum absolute atomic E-state index is 12.3. The number of unbranched alkanes of at least 4 members (excludes halogenated alkanes) is 3. The van der Waals surface area contributed by atoms with Crippen LogP contribution in [0, 0.1) is 10.1 Å². The summed E-state index contributed by atoms with van der Waals surface area (Å²) in [6, 6.07) is 13.0. The van der Waals surface area contributed by atoms with Gasteiger partial charge in [0.25, 0.3) is 5.69 Å². The van der Waals surface area contributed by atoms with Crippen LogP contribution in [0.3, 0.4) is 0 Å². The molecule has 0 radical (unpaired) electrons. The van der Waals surface area contributed by atoms with Crippen molar-refractivity contribution in [1.29, 1.82) is 0 Å². The molecule has 0 bridgehead atoms. The third-order valence-corrected chi connectivity index (χ3v) is 4.54. The van der Waals surface area contributed by atoms with E-state index in [-0.39, 0.29) is 10.8 Å². The van der Waals surface area contributed by atoms with E-state index in [0.29, 0.717) is 17.1 Å². The molecule has 0 saturated heterocycles.